The third-order valence-electron chi connectivity index (χ3n) is 4.06. The van der Waals surface area contributed by atoms with E-state index in [0.29, 0.717) is 0 Å². The van der Waals surface area contributed by atoms with E-state index in [2.05, 4.69) is 73.4 Å². The van der Waals surface area contributed by atoms with Gasteiger partial charge in [-0.15, -0.1) is 11.3 Å². The van der Waals surface area contributed by atoms with E-state index in [4.69, 9.17) is 4.98 Å². The zero-order valence-electron chi connectivity index (χ0n) is 14.2. The van der Waals surface area contributed by atoms with Gasteiger partial charge in [0.05, 0.1) is 15.9 Å². The first kappa shape index (κ1) is 15.7. The van der Waals surface area contributed by atoms with Crippen LogP contribution in [-0.2, 0) is 0 Å². The van der Waals surface area contributed by atoms with Crippen molar-refractivity contribution >= 4 is 33.5 Å². The third kappa shape index (κ3) is 3.52. The summed E-state index contributed by atoms with van der Waals surface area (Å²) in [5, 5.41) is 1.05. The number of aromatic nitrogens is 1. The minimum atomic E-state index is 0.946. The van der Waals surface area contributed by atoms with Gasteiger partial charge in [0, 0.05) is 11.8 Å². The molecule has 3 heteroatoms. The Hall–Kier alpha value is -2.78. The van der Waals surface area contributed by atoms with Gasteiger partial charge in [-0.05, 0) is 61.4 Å². The van der Waals surface area contributed by atoms with Crippen molar-refractivity contribution in [2.45, 2.75) is 13.8 Å². The van der Waals surface area contributed by atoms with Gasteiger partial charge in [-0.2, -0.15) is 0 Å². The van der Waals surface area contributed by atoms with Gasteiger partial charge in [-0.3, -0.25) is 4.99 Å². The molecule has 0 N–H and O–H groups in total. The van der Waals surface area contributed by atoms with Crippen LogP contribution in [0, 0.1) is 13.8 Å². The van der Waals surface area contributed by atoms with Gasteiger partial charge in [0.15, 0.2) is 0 Å². The van der Waals surface area contributed by atoms with Crippen LogP contribution in [0.5, 0.6) is 0 Å². The molecule has 2 nitrogen and oxygen atoms in total. The molecule has 0 radical (unpaired) electrons. The zero-order chi connectivity index (χ0) is 17.2. The van der Waals surface area contributed by atoms with Crippen LogP contribution in [0.4, 0.5) is 5.69 Å². The highest BCUT2D eigenvalue weighted by atomic mass is 32.1. The van der Waals surface area contributed by atoms with Gasteiger partial charge in [0.1, 0.15) is 5.01 Å². The van der Waals surface area contributed by atoms with E-state index in [0.717, 1.165) is 27.3 Å². The lowest BCUT2D eigenvalue weighted by Crippen LogP contribution is -1.81. The van der Waals surface area contributed by atoms with Crippen molar-refractivity contribution < 1.29 is 0 Å². The predicted octanol–water partition coefficient (Wildman–Crippen LogP) is 6.33. The molecule has 122 valence electrons. The molecule has 0 unspecified atom stereocenters. The first-order chi connectivity index (χ1) is 12.2. The van der Waals surface area contributed by atoms with Crippen LogP contribution < -0.4 is 0 Å². The molecular weight excluding hydrogens is 324 g/mol. The summed E-state index contributed by atoms with van der Waals surface area (Å²) in [5.74, 6) is 0. The highest BCUT2D eigenvalue weighted by Crippen LogP contribution is 2.31. The molecule has 0 amide bonds. The van der Waals surface area contributed by atoms with Crippen LogP contribution in [0.1, 0.15) is 16.7 Å². The summed E-state index contributed by atoms with van der Waals surface area (Å²) in [6, 6.07) is 23.0. The van der Waals surface area contributed by atoms with Crippen molar-refractivity contribution in [3.05, 3.63) is 83.4 Å². The molecule has 25 heavy (non-hydrogen) atoms. The molecule has 0 aliphatic rings. The van der Waals surface area contributed by atoms with Crippen LogP contribution >= 0.6 is 11.3 Å². The van der Waals surface area contributed by atoms with Crippen molar-refractivity contribution in [1.82, 2.24) is 4.98 Å². The van der Waals surface area contributed by atoms with Crippen molar-refractivity contribution in [1.29, 1.82) is 0 Å². The van der Waals surface area contributed by atoms with Crippen LogP contribution in [0.2, 0.25) is 0 Å². The smallest absolute Gasteiger partial charge is 0.124 e. The first-order valence-electron chi connectivity index (χ1n) is 8.26. The standard InChI is InChI=1S/C22H18N2S/c1-15-4-3-5-17(12-15)14-23-19-9-7-18(8-10-19)22-24-20-11-6-16(2)13-21(20)25-22/h3-14H,1-2H3. The number of hydrogen-bond acceptors (Lipinski definition) is 3. The molecule has 0 fully saturated rings. The van der Waals surface area contributed by atoms with Gasteiger partial charge in [-0.25, -0.2) is 4.98 Å². The van der Waals surface area contributed by atoms with E-state index < -0.39 is 0 Å². The lowest BCUT2D eigenvalue weighted by atomic mass is 10.1. The van der Waals surface area contributed by atoms with Crippen molar-refractivity contribution in [3.63, 3.8) is 0 Å². The number of benzene rings is 3. The van der Waals surface area contributed by atoms with Crippen molar-refractivity contribution in [2.75, 3.05) is 0 Å². The molecule has 3 aromatic carbocycles. The highest BCUT2D eigenvalue weighted by molar-refractivity contribution is 7.21. The topological polar surface area (TPSA) is 25.2 Å². The fraction of sp³-hybridized carbons (Fsp3) is 0.0909. The number of rotatable bonds is 3. The molecule has 1 aromatic heterocycles. The normalized spacial score (nSPS) is 11.4. The average Bonchev–Trinajstić information content (AvgIpc) is 3.03. The molecular formula is C22H18N2S. The van der Waals surface area contributed by atoms with E-state index in [-0.39, 0.29) is 0 Å². The number of aliphatic imine (C=N–C) groups is 1. The van der Waals surface area contributed by atoms with E-state index in [9.17, 15) is 0 Å². The fourth-order valence-electron chi connectivity index (χ4n) is 2.74. The Balaban J connectivity index is 1.58. The van der Waals surface area contributed by atoms with E-state index in [1.54, 1.807) is 11.3 Å². The SMILES string of the molecule is Cc1cccc(C=Nc2ccc(-c3nc4ccc(C)cc4s3)cc2)c1. The maximum atomic E-state index is 4.74. The Kier molecular flexibility index (Phi) is 4.16. The van der Waals surface area contributed by atoms with Crippen LogP contribution in [0.25, 0.3) is 20.8 Å². The Labute approximate surface area is 151 Å². The minimum absolute atomic E-state index is 0.946. The fourth-order valence-corrected chi connectivity index (χ4v) is 3.81. The summed E-state index contributed by atoms with van der Waals surface area (Å²) in [7, 11) is 0. The molecule has 0 bridgehead atoms. The largest absolute Gasteiger partial charge is 0.256 e. The van der Waals surface area contributed by atoms with Crippen molar-refractivity contribution in [2.24, 2.45) is 4.99 Å². The predicted molar refractivity (Wildman–Crippen MR) is 108 cm³/mol. The van der Waals surface area contributed by atoms with Gasteiger partial charge >= 0.3 is 0 Å². The summed E-state index contributed by atoms with van der Waals surface area (Å²) in [6.45, 7) is 4.20. The maximum absolute atomic E-state index is 4.74. The van der Waals surface area contributed by atoms with Crippen LogP contribution in [-0.4, -0.2) is 11.2 Å². The summed E-state index contributed by atoms with van der Waals surface area (Å²) < 4.78 is 1.23. The number of aryl methyl sites for hydroxylation is 2. The number of thiazole rings is 1. The minimum Gasteiger partial charge on any atom is -0.256 e. The molecule has 4 rings (SSSR count). The van der Waals surface area contributed by atoms with Gasteiger partial charge in [-0.1, -0.05) is 35.9 Å². The molecule has 0 spiro atoms. The van der Waals surface area contributed by atoms with Crippen molar-refractivity contribution in [3.8, 4) is 10.6 Å². The van der Waals surface area contributed by atoms with Gasteiger partial charge in [0.25, 0.3) is 0 Å². The second-order valence-corrected chi connectivity index (χ2v) is 7.24. The number of fused-ring (bicyclic) bond motifs is 1. The second-order valence-electron chi connectivity index (χ2n) is 6.21. The number of nitrogens with zero attached hydrogens (tertiary/aromatic N) is 2. The maximum Gasteiger partial charge on any atom is 0.124 e. The number of hydrogen-bond donors (Lipinski definition) is 0. The van der Waals surface area contributed by atoms with E-state index >= 15 is 0 Å². The summed E-state index contributed by atoms with van der Waals surface area (Å²) in [4.78, 5) is 9.30. The first-order valence-corrected chi connectivity index (χ1v) is 9.07. The molecule has 0 atom stereocenters. The lowest BCUT2D eigenvalue weighted by Gasteiger charge is -1.98. The third-order valence-corrected chi connectivity index (χ3v) is 5.13. The molecule has 4 aromatic rings. The molecule has 0 saturated carbocycles. The monoisotopic (exact) mass is 342 g/mol. The second kappa shape index (κ2) is 6.61. The Morgan fingerprint density at radius 3 is 2.48 bits per heavy atom. The average molecular weight is 342 g/mol. The quantitative estimate of drug-likeness (QED) is 0.399. The molecule has 1 heterocycles. The summed E-state index contributed by atoms with van der Waals surface area (Å²) in [6.07, 6.45) is 1.91. The molecule has 0 aliphatic carbocycles. The molecule has 0 aliphatic heterocycles. The zero-order valence-corrected chi connectivity index (χ0v) is 15.0. The van der Waals surface area contributed by atoms with E-state index in [1.165, 1.54) is 15.8 Å². The lowest BCUT2D eigenvalue weighted by molar-refractivity contribution is 1.44. The van der Waals surface area contributed by atoms with Crippen LogP contribution in [0.3, 0.4) is 0 Å². The van der Waals surface area contributed by atoms with Gasteiger partial charge in [0.2, 0.25) is 0 Å². The Bertz CT molecular complexity index is 1060. The molecule has 0 saturated heterocycles. The Morgan fingerprint density at radius 2 is 1.68 bits per heavy atom. The van der Waals surface area contributed by atoms with E-state index in [1.807, 2.05) is 18.3 Å². The summed E-state index contributed by atoms with van der Waals surface area (Å²) >= 11 is 1.73. The summed E-state index contributed by atoms with van der Waals surface area (Å²) in [5.41, 5.74) is 6.77. The Morgan fingerprint density at radius 1 is 0.880 bits per heavy atom. The van der Waals surface area contributed by atoms with Crippen LogP contribution in [0.15, 0.2) is 71.7 Å². The van der Waals surface area contributed by atoms with Gasteiger partial charge < -0.3 is 0 Å². The highest BCUT2D eigenvalue weighted by Gasteiger charge is 2.06.